The summed E-state index contributed by atoms with van der Waals surface area (Å²) in [6.07, 6.45) is 27.1. The van der Waals surface area contributed by atoms with Gasteiger partial charge in [0, 0.05) is 12.8 Å². The first-order valence-electron chi connectivity index (χ1n) is 19.2. The Bertz CT molecular complexity index is 960. The van der Waals surface area contributed by atoms with Crippen LogP contribution in [-0.4, -0.2) is 89.0 Å². The fourth-order valence-electron chi connectivity index (χ4n) is 5.35. The summed E-state index contributed by atoms with van der Waals surface area (Å²) in [7, 11) is 0. The average Bonchev–Trinajstić information content (AvgIpc) is 3.11. The number of rotatable bonds is 30. The zero-order valence-electron chi connectivity index (χ0n) is 30.9. The lowest BCUT2D eigenvalue weighted by molar-refractivity contribution is -0.305. The Morgan fingerprint density at radius 1 is 0.620 bits per heavy atom. The molecule has 0 radical (unpaired) electrons. The minimum Gasteiger partial charge on any atom is -0.462 e. The number of ether oxygens (including phenoxy) is 4. The molecule has 0 aromatic rings. The highest BCUT2D eigenvalue weighted by molar-refractivity contribution is 5.70. The number of aliphatic hydroxyl groups excluding tert-OH is 4. The molecular weight excluding hydrogens is 640 g/mol. The summed E-state index contributed by atoms with van der Waals surface area (Å²) in [6.45, 7) is 3.27. The highest BCUT2D eigenvalue weighted by atomic mass is 16.7. The second kappa shape index (κ2) is 31.4. The molecule has 1 rings (SSSR count). The van der Waals surface area contributed by atoms with Crippen molar-refractivity contribution in [2.75, 3.05) is 19.8 Å². The monoisotopic (exact) mass is 708 g/mol. The molecule has 0 saturated carbocycles. The Balaban J connectivity index is 2.42. The normalized spacial score (nSPS) is 21.9. The van der Waals surface area contributed by atoms with Crippen LogP contribution in [0.2, 0.25) is 0 Å². The Hall–Kier alpha value is -2.34. The molecule has 50 heavy (non-hydrogen) atoms. The summed E-state index contributed by atoms with van der Waals surface area (Å²) < 4.78 is 21.9. The van der Waals surface area contributed by atoms with E-state index in [-0.39, 0.29) is 26.1 Å². The van der Waals surface area contributed by atoms with E-state index in [1.54, 1.807) is 0 Å². The quantitative estimate of drug-likeness (QED) is 0.0351. The van der Waals surface area contributed by atoms with Gasteiger partial charge < -0.3 is 39.4 Å². The maximum absolute atomic E-state index is 12.6. The molecule has 0 bridgehead atoms. The van der Waals surface area contributed by atoms with Gasteiger partial charge in [0.25, 0.3) is 0 Å². The largest absolute Gasteiger partial charge is 0.462 e. The van der Waals surface area contributed by atoms with Crippen LogP contribution >= 0.6 is 0 Å². The molecule has 0 aliphatic carbocycles. The molecule has 0 aromatic carbocycles. The lowest BCUT2D eigenvalue weighted by Crippen LogP contribution is -2.59. The van der Waals surface area contributed by atoms with E-state index in [2.05, 4.69) is 56.4 Å². The van der Waals surface area contributed by atoms with Gasteiger partial charge >= 0.3 is 11.9 Å². The van der Waals surface area contributed by atoms with Gasteiger partial charge in [-0.2, -0.15) is 0 Å². The Kier molecular flexibility index (Phi) is 28.7. The fourth-order valence-corrected chi connectivity index (χ4v) is 5.35. The van der Waals surface area contributed by atoms with Crippen molar-refractivity contribution in [1.82, 2.24) is 0 Å². The highest BCUT2D eigenvalue weighted by Crippen LogP contribution is 2.22. The molecular formula is C40H68O10. The van der Waals surface area contributed by atoms with Crippen LogP contribution in [0.25, 0.3) is 0 Å². The van der Waals surface area contributed by atoms with E-state index in [0.29, 0.717) is 12.8 Å². The topological polar surface area (TPSA) is 152 Å². The Labute approximate surface area is 301 Å². The summed E-state index contributed by atoms with van der Waals surface area (Å²) >= 11 is 0. The van der Waals surface area contributed by atoms with Crippen LogP contribution in [0.1, 0.15) is 136 Å². The van der Waals surface area contributed by atoms with Crippen LogP contribution in [0, 0.1) is 0 Å². The van der Waals surface area contributed by atoms with Crippen molar-refractivity contribution in [3.8, 4) is 0 Å². The number of hydrogen-bond donors (Lipinski definition) is 4. The third-order valence-electron chi connectivity index (χ3n) is 8.47. The number of carbonyl (C=O) groups is 2. The first-order chi connectivity index (χ1) is 24.3. The zero-order chi connectivity index (χ0) is 36.7. The van der Waals surface area contributed by atoms with Crippen molar-refractivity contribution < 1.29 is 49.0 Å². The van der Waals surface area contributed by atoms with Gasteiger partial charge in [0.2, 0.25) is 0 Å². The van der Waals surface area contributed by atoms with Crippen LogP contribution in [0.4, 0.5) is 0 Å². The summed E-state index contributed by atoms with van der Waals surface area (Å²) in [5.74, 6) is -0.882. The van der Waals surface area contributed by atoms with E-state index in [1.165, 1.54) is 51.4 Å². The molecule has 1 saturated heterocycles. The van der Waals surface area contributed by atoms with Crippen molar-refractivity contribution in [1.29, 1.82) is 0 Å². The van der Waals surface area contributed by atoms with Gasteiger partial charge in [0.1, 0.15) is 31.0 Å². The van der Waals surface area contributed by atoms with E-state index >= 15 is 0 Å². The molecule has 0 spiro atoms. The molecule has 1 aliphatic rings. The van der Waals surface area contributed by atoms with E-state index < -0.39 is 55.4 Å². The predicted octanol–water partition coefficient (Wildman–Crippen LogP) is 6.93. The predicted molar refractivity (Wildman–Crippen MR) is 196 cm³/mol. The standard InChI is InChI=1S/C40H68O10/c1-3-5-7-9-11-13-14-15-16-17-18-19-20-21-23-24-26-28-35(42)47-31-33(49-36(43)29-27-25-22-12-10-8-6-4-2)32-48-40-39(46)38(45)37(44)34(30-41)50-40/h11,13,15-16,18-19,21,23,33-34,37-41,44-46H,3-10,12,14,17,20,22,24-32H2,1-2H3/b13-11+,16-15+,19-18+,23-21+/t33-,34-,37+,38?,39?,40-/m0/s1. The number of hydrogen-bond acceptors (Lipinski definition) is 10. The number of allylic oxidation sites excluding steroid dienone is 8. The minimum atomic E-state index is -1.60. The number of unbranched alkanes of at least 4 members (excludes halogenated alkanes) is 11. The lowest BCUT2D eigenvalue weighted by atomic mass is 9.99. The summed E-state index contributed by atoms with van der Waals surface area (Å²) in [5.41, 5.74) is 0. The van der Waals surface area contributed by atoms with Gasteiger partial charge in [-0.15, -0.1) is 0 Å². The highest BCUT2D eigenvalue weighted by Gasteiger charge is 2.44. The minimum absolute atomic E-state index is 0.199. The lowest BCUT2D eigenvalue weighted by Gasteiger charge is -2.39. The maximum atomic E-state index is 12.6. The third kappa shape index (κ3) is 23.2. The molecule has 2 unspecified atom stereocenters. The molecule has 10 nitrogen and oxygen atoms in total. The Morgan fingerprint density at radius 3 is 1.74 bits per heavy atom. The summed E-state index contributed by atoms with van der Waals surface area (Å²) in [4.78, 5) is 25.1. The van der Waals surface area contributed by atoms with Crippen LogP contribution in [0.15, 0.2) is 48.6 Å². The molecule has 6 atom stereocenters. The third-order valence-corrected chi connectivity index (χ3v) is 8.47. The SMILES string of the molecule is CCCCC/C=C/C/C=C/C/C=C/C/C=C/CCCC(=O)OC[C@@H](CO[C@H]1O[C@@H](CO)[C@@H](O)C(O)C1O)OC(=O)CCCCCCCCCC. The van der Waals surface area contributed by atoms with E-state index in [4.69, 9.17) is 18.9 Å². The second-order valence-electron chi connectivity index (χ2n) is 13.0. The molecule has 0 aromatic heterocycles. The van der Waals surface area contributed by atoms with Gasteiger partial charge in [-0.3, -0.25) is 9.59 Å². The smallest absolute Gasteiger partial charge is 0.306 e. The van der Waals surface area contributed by atoms with Crippen LogP contribution < -0.4 is 0 Å². The van der Waals surface area contributed by atoms with Gasteiger partial charge in [0.05, 0.1) is 13.2 Å². The number of aliphatic hydroxyl groups is 4. The molecule has 0 amide bonds. The second-order valence-corrected chi connectivity index (χ2v) is 13.0. The first kappa shape index (κ1) is 45.7. The molecule has 288 valence electrons. The maximum Gasteiger partial charge on any atom is 0.306 e. The summed E-state index contributed by atoms with van der Waals surface area (Å²) in [5, 5.41) is 39.8. The van der Waals surface area contributed by atoms with Gasteiger partial charge in [-0.05, 0) is 51.4 Å². The molecule has 1 fully saturated rings. The number of esters is 2. The van der Waals surface area contributed by atoms with E-state index in [0.717, 1.165) is 44.9 Å². The number of carbonyl (C=O) groups excluding carboxylic acids is 2. The molecule has 4 N–H and O–H groups in total. The van der Waals surface area contributed by atoms with Crippen molar-refractivity contribution in [3.63, 3.8) is 0 Å². The van der Waals surface area contributed by atoms with Crippen LogP contribution in [0.3, 0.4) is 0 Å². The van der Waals surface area contributed by atoms with Gasteiger partial charge in [-0.25, -0.2) is 0 Å². The van der Waals surface area contributed by atoms with Crippen molar-refractivity contribution >= 4 is 11.9 Å². The fraction of sp³-hybridized carbons (Fsp3) is 0.750. The van der Waals surface area contributed by atoms with Crippen molar-refractivity contribution in [2.45, 2.75) is 173 Å². The Morgan fingerprint density at radius 2 is 1.14 bits per heavy atom. The first-order valence-corrected chi connectivity index (χ1v) is 19.2. The van der Waals surface area contributed by atoms with Gasteiger partial charge in [-0.1, -0.05) is 120 Å². The molecule has 10 heteroatoms. The van der Waals surface area contributed by atoms with E-state index in [1.807, 2.05) is 6.08 Å². The van der Waals surface area contributed by atoms with Crippen molar-refractivity contribution in [3.05, 3.63) is 48.6 Å². The van der Waals surface area contributed by atoms with Crippen LogP contribution in [0.5, 0.6) is 0 Å². The zero-order valence-corrected chi connectivity index (χ0v) is 30.9. The van der Waals surface area contributed by atoms with Crippen LogP contribution in [-0.2, 0) is 28.5 Å². The van der Waals surface area contributed by atoms with Gasteiger partial charge in [0.15, 0.2) is 12.4 Å². The molecule has 1 heterocycles. The summed E-state index contributed by atoms with van der Waals surface area (Å²) in [6, 6.07) is 0. The van der Waals surface area contributed by atoms with Crippen molar-refractivity contribution in [2.24, 2.45) is 0 Å². The molecule has 1 aliphatic heterocycles. The van der Waals surface area contributed by atoms with E-state index in [9.17, 15) is 30.0 Å². The average molecular weight is 709 g/mol.